The minimum Gasteiger partial charge on any atom is -0.465 e. The van der Waals surface area contributed by atoms with Gasteiger partial charge in [-0.3, -0.25) is 14.2 Å². The Morgan fingerprint density at radius 3 is 2.61 bits per heavy atom. The molecular formula is C23H33N3O4S. The summed E-state index contributed by atoms with van der Waals surface area (Å²) >= 11 is 1.24. The van der Waals surface area contributed by atoms with E-state index in [2.05, 4.69) is 17.2 Å². The third-order valence-corrected chi connectivity index (χ3v) is 5.85. The zero-order valence-corrected chi connectivity index (χ0v) is 19.9. The van der Waals surface area contributed by atoms with Crippen LogP contribution in [0.25, 0.3) is 10.9 Å². The van der Waals surface area contributed by atoms with Gasteiger partial charge in [0.2, 0.25) is 5.91 Å². The number of hydrogen-bond acceptors (Lipinski definition) is 6. The van der Waals surface area contributed by atoms with Gasteiger partial charge in [0.05, 0.1) is 29.3 Å². The van der Waals surface area contributed by atoms with Crippen molar-refractivity contribution in [2.75, 3.05) is 12.9 Å². The number of carbonyl (C=O) groups is 2. The van der Waals surface area contributed by atoms with E-state index in [4.69, 9.17) is 4.74 Å². The fourth-order valence-electron chi connectivity index (χ4n) is 3.30. The SMILES string of the molecule is CCCCCC(C)NC(=O)CSc1nc2cc(C(=O)OC)ccc2c(=O)n1CC(C)C. The van der Waals surface area contributed by atoms with Gasteiger partial charge in [-0.1, -0.05) is 51.8 Å². The molecule has 1 N–H and O–H groups in total. The van der Waals surface area contributed by atoms with Crippen LogP contribution in [0, 0.1) is 5.92 Å². The maximum absolute atomic E-state index is 13.1. The maximum Gasteiger partial charge on any atom is 0.337 e. The zero-order chi connectivity index (χ0) is 23.0. The first kappa shape index (κ1) is 24.9. The van der Waals surface area contributed by atoms with E-state index < -0.39 is 5.97 Å². The standard InChI is InChI=1S/C23H33N3O4S/c1-6-7-8-9-16(4)24-20(27)14-31-23-25-19-12-17(22(29)30-5)10-11-18(19)21(28)26(23)13-15(2)3/h10-12,15-16H,6-9,13-14H2,1-5H3,(H,24,27). The lowest BCUT2D eigenvalue weighted by Crippen LogP contribution is -2.34. The molecule has 0 saturated carbocycles. The molecule has 0 spiro atoms. The Morgan fingerprint density at radius 2 is 1.97 bits per heavy atom. The number of aromatic nitrogens is 2. The van der Waals surface area contributed by atoms with Crippen LogP contribution in [-0.2, 0) is 16.1 Å². The first-order valence-corrected chi connectivity index (χ1v) is 11.8. The highest BCUT2D eigenvalue weighted by atomic mass is 32.2. The molecule has 170 valence electrons. The van der Waals surface area contributed by atoms with Crippen molar-refractivity contribution >= 4 is 34.5 Å². The summed E-state index contributed by atoms with van der Waals surface area (Å²) in [5.74, 6) is -0.160. The number of nitrogens with zero attached hydrogens (tertiary/aromatic N) is 2. The molecule has 0 radical (unpaired) electrons. The summed E-state index contributed by atoms with van der Waals surface area (Å²) in [6, 6.07) is 4.84. The third-order valence-electron chi connectivity index (χ3n) is 4.87. The molecule has 0 saturated heterocycles. The molecule has 31 heavy (non-hydrogen) atoms. The Balaban J connectivity index is 2.25. The van der Waals surface area contributed by atoms with Crippen LogP contribution in [0.2, 0.25) is 0 Å². The van der Waals surface area contributed by atoms with Gasteiger partial charge >= 0.3 is 5.97 Å². The number of carbonyl (C=O) groups excluding carboxylic acids is 2. The largest absolute Gasteiger partial charge is 0.465 e. The second-order valence-electron chi connectivity index (χ2n) is 8.18. The van der Waals surface area contributed by atoms with Gasteiger partial charge < -0.3 is 10.1 Å². The van der Waals surface area contributed by atoms with Crippen molar-refractivity contribution in [1.29, 1.82) is 0 Å². The molecule has 1 atom stereocenters. The highest BCUT2D eigenvalue weighted by Crippen LogP contribution is 2.20. The topological polar surface area (TPSA) is 90.3 Å². The summed E-state index contributed by atoms with van der Waals surface area (Å²) in [6.45, 7) is 8.71. The summed E-state index contributed by atoms with van der Waals surface area (Å²) in [5.41, 5.74) is 0.577. The molecule has 8 heteroatoms. The van der Waals surface area contributed by atoms with E-state index in [9.17, 15) is 14.4 Å². The highest BCUT2D eigenvalue weighted by molar-refractivity contribution is 7.99. The van der Waals surface area contributed by atoms with Crippen LogP contribution in [0.5, 0.6) is 0 Å². The number of benzene rings is 1. The number of unbranched alkanes of at least 4 members (excludes halogenated alkanes) is 2. The molecule has 7 nitrogen and oxygen atoms in total. The average molecular weight is 448 g/mol. The van der Waals surface area contributed by atoms with Crippen molar-refractivity contribution in [3.8, 4) is 0 Å². The normalized spacial score (nSPS) is 12.2. The number of fused-ring (bicyclic) bond motifs is 1. The van der Waals surface area contributed by atoms with Crippen LogP contribution in [0.15, 0.2) is 28.2 Å². The first-order valence-electron chi connectivity index (χ1n) is 10.8. The number of ether oxygens (including phenoxy) is 1. The summed E-state index contributed by atoms with van der Waals surface area (Å²) in [6.07, 6.45) is 4.35. The number of thioether (sulfide) groups is 1. The summed E-state index contributed by atoms with van der Waals surface area (Å²) < 4.78 is 6.38. The van der Waals surface area contributed by atoms with E-state index in [0.29, 0.717) is 28.2 Å². The number of esters is 1. The molecule has 1 aromatic heterocycles. The smallest absolute Gasteiger partial charge is 0.337 e. The fraction of sp³-hybridized carbons (Fsp3) is 0.565. The molecule has 0 aliphatic rings. The average Bonchev–Trinajstić information content (AvgIpc) is 2.73. The summed E-state index contributed by atoms with van der Waals surface area (Å²) in [4.78, 5) is 42.0. The van der Waals surface area contributed by atoms with Crippen molar-refractivity contribution in [3.63, 3.8) is 0 Å². The molecule has 1 unspecified atom stereocenters. The van der Waals surface area contributed by atoms with Gasteiger partial charge in [0.15, 0.2) is 5.16 Å². The predicted molar refractivity (Wildman–Crippen MR) is 125 cm³/mol. The lowest BCUT2D eigenvalue weighted by atomic mass is 10.1. The van der Waals surface area contributed by atoms with E-state index in [1.54, 1.807) is 22.8 Å². The highest BCUT2D eigenvalue weighted by Gasteiger charge is 2.17. The third kappa shape index (κ3) is 7.09. The van der Waals surface area contributed by atoms with E-state index in [0.717, 1.165) is 25.7 Å². The molecule has 0 bridgehead atoms. The molecule has 0 fully saturated rings. The van der Waals surface area contributed by atoms with Crippen molar-refractivity contribution in [2.24, 2.45) is 5.92 Å². The molecule has 0 aliphatic carbocycles. The Kier molecular flexibility index (Phi) is 9.55. The first-order chi connectivity index (χ1) is 14.8. The zero-order valence-electron chi connectivity index (χ0n) is 19.1. The van der Waals surface area contributed by atoms with Gasteiger partial charge in [0.1, 0.15) is 0 Å². The van der Waals surface area contributed by atoms with Crippen LogP contribution < -0.4 is 10.9 Å². The number of nitrogens with one attached hydrogen (secondary N) is 1. The van der Waals surface area contributed by atoms with E-state index in [1.165, 1.54) is 18.9 Å². The molecular weight excluding hydrogens is 414 g/mol. The molecule has 1 heterocycles. The van der Waals surface area contributed by atoms with Gasteiger partial charge in [-0.2, -0.15) is 0 Å². The van der Waals surface area contributed by atoms with Crippen molar-refractivity contribution in [2.45, 2.75) is 71.1 Å². The number of hydrogen-bond donors (Lipinski definition) is 1. The van der Waals surface area contributed by atoms with Gasteiger partial charge in [-0.05, 0) is 37.5 Å². The van der Waals surface area contributed by atoms with E-state index in [1.807, 2.05) is 20.8 Å². The summed E-state index contributed by atoms with van der Waals surface area (Å²) in [7, 11) is 1.31. The summed E-state index contributed by atoms with van der Waals surface area (Å²) in [5, 5.41) is 3.93. The van der Waals surface area contributed by atoms with Crippen molar-refractivity contribution in [3.05, 3.63) is 34.1 Å². The lowest BCUT2D eigenvalue weighted by Gasteiger charge is -2.16. The monoisotopic (exact) mass is 447 g/mol. The van der Waals surface area contributed by atoms with Crippen LogP contribution >= 0.6 is 11.8 Å². The van der Waals surface area contributed by atoms with Crippen LogP contribution in [0.4, 0.5) is 0 Å². The number of methoxy groups -OCH3 is 1. The van der Waals surface area contributed by atoms with Crippen LogP contribution in [0.3, 0.4) is 0 Å². The van der Waals surface area contributed by atoms with Gasteiger partial charge in [-0.25, -0.2) is 9.78 Å². The molecule has 0 aliphatic heterocycles. The Bertz CT molecular complexity index is 971. The maximum atomic E-state index is 13.1. The number of rotatable bonds is 11. The lowest BCUT2D eigenvalue weighted by molar-refractivity contribution is -0.119. The fourth-order valence-corrected chi connectivity index (χ4v) is 4.12. The minimum atomic E-state index is -0.485. The number of amides is 1. The van der Waals surface area contributed by atoms with Gasteiger partial charge in [-0.15, -0.1) is 0 Å². The van der Waals surface area contributed by atoms with Crippen LogP contribution in [-0.4, -0.2) is 40.3 Å². The molecule has 1 amide bonds. The van der Waals surface area contributed by atoms with Crippen LogP contribution in [0.1, 0.15) is 63.7 Å². The molecule has 2 aromatic rings. The Labute approximate surface area is 188 Å². The van der Waals surface area contributed by atoms with E-state index >= 15 is 0 Å². The Morgan fingerprint density at radius 1 is 1.23 bits per heavy atom. The quantitative estimate of drug-likeness (QED) is 0.242. The second kappa shape index (κ2) is 11.9. The minimum absolute atomic E-state index is 0.0808. The molecule has 2 rings (SSSR count). The molecule has 1 aromatic carbocycles. The van der Waals surface area contributed by atoms with Gasteiger partial charge in [0.25, 0.3) is 5.56 Å². The van der Waals surface area contributed by atoms with Crippen molar-refractivity contribution < 1.29 is 14.3 Å². The predicted octanol–water partition coefficient (Wildman–Crippen LogP) is 4.02. The van der Waals surface area contributed by atoms with Gasteiger partial charge in [0, 0.05) is 12.6 Å². The Hall–Kier alpha value is -2.35. The van der Waals surface area contributed by atoms with E-state index in [-0.39, 0.29) is 29.2 Å². The van der Waals surface area contributed by atoms with Crippen molar-refractivity contribution in [1.82, 2.24) is 14.9 Å². The second-order valence-corrected chi connectivity index (χ2v) is 9.12.